The molecule has 4 heteroatoms. The molecule has 0 aromatic heterocycles. The number of hydrogen-bond acceptors (Lipinski definition) is 4. The largest absolute Gasteiger partial charge is 0.370 e. The average molecular weight is 263 g/mol. The summed E-state index contributed by atoms with van der Waals surface area (Å²) in [6.45, 7) is 2.93. The van der Waals surface area contributed by atoms with Crippen LogP contribution in [0.15, 0.2) is 29.3 Å². The Morgan fingerprint density at radius 2 is 2.11 bits per heavy atom. The molecule has 1 aliphatic rings. The lowest BCUT2D eigenvalue weighted by molar-refractivity contribution is 0.635. The molecule has 0 spiro atoms. The van der Waals surface area contributed by atoms with Gasteiger partial charge in [0.1, 0.15) is 0 Å². The average Bonchev–Trinajstić information content (AvgIpc) is 2.72. The maximum atomic E-state index is 6.01. The third kappa shape index (κ3) is 2.99. The number of nitrogens with two attached hydrogens (primary N) is 1. The molecule has 2 rings (SSSR count). The lowest BCUT2D eigenvalue weighted by Gasteiger charge is -2.26. The first-order chi connectivity index (χ1) is 8.72. The minimum absolute atomic E-state index is 0.430. The van der Waals surface area contributed by atoms with E-state index >= 15 is 0 Å². The van der Waals surface area contributed by atoms with Crippen LogP contribution in [0.3, 0.4) is 0 Å². The molecule has 3 nitrogen and oxygen atoms in total. The molecule has 1 heterocycles. The van der Waals surface area contributed by atoms with E-state index in [9.17, 15) is 0 Å². The zero-order valence-corrected chi connectivity index (χ0v) is 11.9. The van der Waals surface area contributed by atoms with Crippen LogP contribution in [0, 0.1) is 6.92 Å². The van der Waals surface area contributed by atoms with Crippen molar-refractivity contribution >= 4 is 23.4 Å². The number of hydrogen-bond donors (Lipinski definition) is 1. The third-order valence-corrected chi connectivity index (χ3v) is 3.97. The molecule has 0 saturated heterocycles. The standard InChI is InChI=1S/C14H21N3S/c1-11-5-7-12(8-6-11)17-13(4-3-9-18-2)10-16-14(17)15/h5-8,13H,3-4,9-10H2,1-2H3,(H2,15,16). The highest BCUT2D eigenvalue weighted by Gasteiger charge is 2.26. The van der Waals surface area contributed by atoms with Crippen LogP contribution in [0.25, 0.3) is 0 Å². The summed E-state index contributed by atoms with van der Waals surface area (Å²) < 4.78 is 0. The van der Waals surface area contributed by atoms with Gasteiger partial charge in [-0.1, -0.05) is 17.7 Å². The summed E-state index contributed by atoms with van der Waals surface area (Å²) in [4.78, 5) is 6.57. The highest BCUT2D eigenvalue weighted by atomic mass is 32.2. The van der Waals surface area contributed by atoms with Gasteiger partial charge in [-0.3, -0.25) is 4.99 Å². The summed E-state index contributed by atoms with van der Waals surface area (Å²) >= 11 is 1.90. The molecule has 0 aliphatic carbocycles. The van der Waals surface area contributed by atoms with E-state index in [4.69, 9.17) is 5.73 Å². The van der Waals surface area contributed by atoms with Gasteiger partial charge in [-0.2, -0.15) is 11.8 Å². The summed E-state index contributed by atoms with van der Waals surface area (Å²) in [5, 5.41) is 0. The zero-order chi connectivity index (χ0) is 13.0. The molecule has 18 heavy (non-hydrogen) atoms. The quantitative estimate of drug-likeness (QED) is 0.830. The summed E-state index contributed by atoms with van der Waals surface area (Å²) in [6, 6.07) is 8.94. The van der Waals surface area contributed by atoms with Gasteiger partial charge >= 0.3 is 0 Å². The molecule has 1 aliphatic heterocycles. The van der Waals surface area contributed by atoms with E-state index in [2.05, 4.69) is 47.3 Å². The highest BCUT2D eigenvalue weighted by Crippen LogP contribution is 2.24. The topological polar surface area (TPSA) is 41.6 Å². The van der Waals surface area contributed by atoms with Crippen molar-refractivity contribution in [2.24, 2.45) is 10.7 Å². The van der Waals surface area contributed by atoms with Gasteiger partial charge in [0.15, 0.2) is 5.96 Å². The Morgan fingerprint density at radius 3 is 2.78 bits per heavy atom. The molecule has 0 fully saturated rings. The SMILES string of the molecule is CSCCCC1CN=C(N)N1c1ccc(C)cc1. The molecule has 1 aromatic carbocycles. The predicted octanol–water partition coefficient (Wildman–Crippen LogP) is 2.64. The Hall–Kier alpha value is -1.16. The smallest absolute Gasteiger partial charge is 0.196 e. The van der Waals surface area contributed by atoms with E-state index in [1.807, 2.05) is 11.8 Å². The Bertz CT molecular complexity index is 414. The van der Waals surface area contributed by atoms with Gasteiger partial charge in [-0.05, 0) is 43.9 Å². The van der Waals surface area contributed by atoms with Crippen LogP contribution in [0.2, 0.25) is 0 Å². The highest BCUT2D eigenvalue weighted by molar-refractivity contribution is 7.98. The first kappa shape index (κ1) is 13.3. The van der Waals surface area contributed by atoms with Gasteiger partial charge in [-0.15, -0.1) is 0 Å². The minimum Gasteiger partial charge on any atom is -0.370 e. The van der Waals surface area contributed by atoms with Gasteiger partial charge in [0.05, 0.1) is 12.6 Å². The lowest BCUT2D eigenvalue weighted by Crippen LogP contribution is -2.40. The van der Waals surface area contributed by atoms with Crippen molar-refractivity contribution in [3.63, 3.8) is 0 Å². The van der Waals surface area contributed by atoms with Crippen LogP contribution >= 0.6 is 11.8 Å². The van der Waals surface area contributed by atoms with Gasteiger partial charge in [-0.25, -0.2) is 0 Å². The van der Waals surface area contributed by atoms with E-state index in [1.54, 1.807) is 0 Å². The number of rotatable bonds is 5. The second-order valence-electron chi connectivity index (χ2n) is 4.69. The molecule has 98 valence electrons. The molecule has 1 unspecified atom stereocenters. The maximum absolute atomic E-state index is 6.01. The first-order valence-corrected chi connectivity index (χ1v) is 7.76. The fourth-order valence-corrected chi connectivity index (χ4v) is 2.73. The number of guanidine groups is 1. The number of aliphatic imine (C=N–C) groups is 1. The van der Waals surface area contributed by atoms with Crippen molar-refractivity contribution in [2.45, 2.75) is 25.8 Å². The molecular weight excluding hydrogens is 242 g/mol. The van der Waals surface area contributed by atoms with Crippen LogP contribution in [-0.4, -0.2) is 30.6 Å². The van der Waals surface area contributed by atoms with Crippen molar-refractivity contribution in [3.05, 3.63) is 29.8 Å². The fraction of sp³-hybridized carbons (Fsp3) is 0.500. The molecule has 0 bridgehead atoms. The number of benzene rings is 1. The van der Waals surface area contributed by atoms with E-state index < -0.39 is 0 Å². The Kier molecular flexibility index (Phi) is 4.53. The Balaban J connectivity index is 2.07. The molecule has 2 N–H and O–H groups in total. The second kappa shape index (κ2) is 6.14. The monoisotopic (exact) mass is 263 g/mol. The van der Waals surface area contributed by atoms with E-state index in [0.29, 0.717) is 12.0 Å². The van der Waals surface area contributed by atoms with Gasteiger partial charge in [0, 0.05) is 5.69 Å². The molecule has 0 amide bonds. The predicted molar refractivity (Wildman–Crippen MR) is 81.6 cm³/mol. The van der Waals surface area contributed by atoms with Crippen molar-refractivity contribution in [3.8, 4) is 0 Å². The van der Waals surface area contributed by atoms with Crippen LogP contribution in [0.4, 0.5) is 5.69 Å². The molecule has 1 aromatic rings. The minimum atomic E-state index is 0.430. The fourth-order valence-electron chi connectivity index (χ4n) is 2.28. The van der Waals surface area contributed by atoms with Gasteiger partial charge in [0.2, 0.25) is 0 Å². The van der Waals surface area contributed by atoms with Crippen molar-refractivity contribution < 1.29 is 0 Å². The summed E-state index contributed by atoms with van der Waals surface area (Å²) in [5.41, 5.74) is 8.45. The van der Waals surface area contributed by atoms with Gasteiger partial charge < -0.3 is 10.6 Å². The Labute approximate surface area is 113 Å². The second-order valence-corrected chi connectivity index (χ2v) is 5.68. The first-order valence-electron chi connectivity index (χ1n) is 6.37. The van der Waals surface area contributed by atoms with E-state index in [-0.39, 0.29) is 0 Å². The van der Waals surface area contributed by atoms with Gasteiger partial charge in [0.25, 0.3) is 0 Å². The van der Waals surface area contributed by atoms with Crippen LogP contribution in [0.1, 0.15) is 18.4 Å². The van der Waals surface area contributed by atoms with Crippen molar-refractivity contribution in [2.75, 3.05) is 23.5 Å². The number of nitrogens with zero attached hydrogens (tertiary/aromatic N) is 2. The number of anilines is 1. The third-order valence-electron chi connectivity index (χ3n) is 3.27. The number of thioether (sulfide) groups is 1. The Morgan fingerprint density at radius 1 is 1.39 bits per heavy atom. The van der Waals surface area contributed by atoms with Crippen LogP contribution in [-0.2, 0) is 0 Å². The molecule has 0 saturated carbocycles. The van der Waals surface area contributed by atoms with E-state index in [0.717, 1.165) is 18.7 Å². The number of aryl methyl sites for hydroxylation is 1. The summed E-state index contributed by atoms with van der Waals surface area (Å²) in [7, 11) is 0. The van der Waals surface area contributed by atoms with E-state index in [1.165, 1.54) is 17.7 Å². The van der Waals surface area contributed by atoms with Crippen molar-refractivity contribution in [1.29, 1.82) is 0 Å². The van der Waals surface area contributed by atoms with Crippen molar-refractivity contribution in [1.82, 2.24) is 0 Å². The maximum Gasteiger partial charge on any atom is 0.196 e. The summed E-state index contributed by atoms with van der Waals surface area (Å²) in [6.07, 6.45) is 4.52. The van der Waals surface area contributed by atoms with Crippen LogP contribution in [0.5, 0.6) is 0 Å². The zero-order valence-electron chi connectivity index (χ0n) is 11.1. The molecular formula is C14H21N3S. The lowest BCUT2D eigenvalue weighted by atomic mass is 10.1. The normalized spacial score (nSPS) is 19.1. The summed E-state index contributed by atoms with van der Waals surface area (Å²) in [5.74, 6) is 1.87. The molecule has 0 radical (unpaired) electrons. The van der Waals surface area contributed by atoms with Crippen LogP contribution < -0.4 is 10.6 Å². The molecule has 1 atom stereocenters.